The summed E-state index contributed by atoms with van der Waals surface area (Å²) in [6, 6.07) is 0. The number of phosphoric ester groups is 2. The summed E-state index contributed by atoms with van der Waals surface area (Å²) in [5.74, 6) is -2.19. The minimum atomic E-state index is -4.99. The van der Waals surface area contributed by atoms with E-state index in [4.69, 9.17) is 37.0 Å². The molecule has 0 aliphatic rings. The molecule has 0 amide bonds. The molecule has 0 aromatic heterocycles. The Hall–Kier alpha value is -4.02. The first-order chi connectivity index (χ1) is 50.7. The lowest BCUT2D eigenvalue weighted by Gasteiger charge is -2.21. The second-order valence-electron chi connectivity index (χ2n) is 27.7. The van der Waals surface area contributed by atoms with Crippen LogP contribution in [-0.4, -0.2) is 96.7 Å². The van der Waals surface area contributed by atoms with Crippen molar-refractivity contribution in [3.63, 3.8) is 0 Å². The number of carbonyl (C=O) groups is 4. The molecule has 5 unspecified atom stereocenters. The molecular formula is C85H150O17P2. The third-order valence-electron chi connectivity index (χ3n) is 17.5. The van der Waals surface area contributed by atoms with Crippen LogP contribution in [0.25, 0.3) is 0 Å². The largest absolute Gasteiger partial charge is 0.472 e. The maximum absolute atomic E-state index is 13.1. The van der Waals surface area contributed by atoms with Gasteiger partial charge in [0.05, 0.1) is 26.4 Å². The molecule has 0 bridgehead atoms. The van der Waals surface area contributed by atoms with Crippen molar-refractivity contribution in [1.82, 2.24) is 0 Å². The highest BCUT2D eigenvalue weighted by atomic mass is 31.2. The van der Waals surface area contributed by atoms with E-state index in [0.29, 0.717) is 25.7 Å². The Morgan fingerprint density at radius 1 is 0.279 bits per heavy atom. The zero-order valence-electron chi connectivity index (χ0n) is 65.9. The molecule has 17 nitrogen and oxygen atoms in total. The second kappa shape index (κ2) is 77.1. The van der Waals surface area contributed by atoms with E-state index in [-0.39, 0.29) is 25.7 Å². The number of allylic oxidation sites excluding steroid dienone is 16. The number of aliphatic hydroxyl groups is 1. The number of rotatable bonds is 78. The van der Waals surface area contributed by atoms with Crippen LogP contribution in [0.15, 0.2) is 97.2 Å². The van der Waals surface area contributed by atoms with E-state index in [1.54, 1.807) is 0 Å². The molecule has 602 valence electrons. The van der Waals surface area contributed by atoms with Crippen molar-refractivity contribution in [2.24, 2.45) is 0 Å². The monoisotopic (exact) mass is 1510 g/mol. The summed E-state index contributed by atoms with van der Waals surface area (Å²) in [7, 11) is -9.96. The number of aliphatic hydroxyl groups excluding tert-OH is 1. The molecule has 0 heterocycles. The first kappa shape index (κ1) is 100.0. The van der Waals surface area contributed by atoms with Crippen LogP contribution >= 0.6 is 15.6 Å². The van der Waals surface area contributed by atoms with Crippen molar-refractivity contribution in [1.29, 1.82) is 0 Å². The predicted molar refractivity (Wildman–Crippen MR) is 427 cm³/mol. The number of hydrogen-bond donors (Lipinski definition) is 3. The van der Waals surface area contributed by atoms with Crippen LogP contribution in [0.1, 0.15) is 362 Å². The van der Waals surface area contributed by atoms with Crippen LogP contribution in [0.2, 0.25) is 0 Å². The molecule has 0 aliphatic heterocycles. The van der Waals surface area contributed by atoms with Crippen molar-refractivity contribution in [3.05, 3.63) is 97.2 Å². The van der Waals surface area contributed by atoms with Gasteiger partial charge in [0.1, 0.15) is 19.3 Å². The number of carbonyl (C=O) groups excluding carboxylic acids is 4. The van der Waals surface area contributed by atoms with Gasteiger partial charge in [-0.2, -0.15) is 0 Å². The van der Waals surface area contributed by atoms with Gasteiger partial charge in [-0.05, 0) is 128 Å². The van der Waals surface area contributed by atoms with E-state index in [9.17, 15) is 43.2 Å². The minimum absolute atomic E-state index is 0.0771. The van der Waals surface area contributed by atoms with Crippen molar-refractivity contribution in [2.45, 2.75) is 380 Å². The number of phosphoric acid groups is 2. The van der Waals surface area contributed by atoms with E-state index in [0.717, 1.165) is 186 Å². The summed E-state index contributed by atoms with van der Waals surface area (Å²) in [6.07, 6.45) is 82.3. The minimum Gasteiger partial charge on any atom is -0.462 e. The first-order valence-electron chi connectivity index (χ1n) is 41.5. The van der Waals surface area contributed by atoms with E-state index in [1.807, 2.05) is 0 Å². The molecule has 0 aliphatic carbocycles. The van der Waals surface area contributed by atoms with Gasteiger partial charge in [-0.3, -0.25) is 37.3 Å². The van der Waals surface area contributed by atoms with Gasteiger partial charge >= 0.3 is 39.5 Å². The molecule has 0 rings (SSSR count). The third-order valence-corrected chi connectivity index (χ3v) is 19.4. The standard InChI is InChI=1S/C85H150O17P2/c1-5-9-13-17-21-25-29-32-35-37-39-41-44-47-51-54-58-62-66-70-83(88)96-76-81(102-85(90)72-68-64-60-56-52-48-45-42-40-38-36-33-30-26-22-18-14-10-6-2)78-100-104(93,94)98-74-79(86)73-97-103(91,92)99-77-80(101-84(89)71-67-63-59-55-49-28-24-20-16-12-8-4)75-95-82(87)69-65-61-57-53-50-46-43-34-31-27-23-19-15-11-7-3/h9,13,21-22,25-26,32-36,39-43,79-81,86H,5-8,10-12,14-20,23-24,27-31,37-38,44-78H2,1-4H3,(H,91,92)(H,93,94)/b13-9-,25-21-,26-22-,35-32-,36-33-,41-39-,42-40-,43-34-. The third kappa shape index (κ3) is 76.2. The molecule has 0 aromatic carbocycles. The Morgan fingerprint density at radius 3 is 0.798 bits per heavy atom. The summed E-state index contributed by atoms with van der Waals surface area (Å²) in [5, 5.41) is 10.6. The van der Waals surface area contributed by atoms with E-state index >= 15 is 0 Å². The highest BCUT2D eigenvalue weighted by Crippen LogP contribution is 2.45. The van der Waals surface area contributed by atoms with Crippen LogP contribution in [0.5, 0.6) is 0 Å². The molecule has 0 aromatic rings. The van der Waals surface area contributed by atoms with Crippen molar-refractivity contribution in [3.8, 4) is 0 Å². The lowest BCUT2D eigenvalue weighted by Crippen LogP contribution is -2.30. The Kier molecular flexibility index (Phi) is 74.2. The Labute approximate surface area is 633 Å². The predicted octanol–water partition coefficient (Wildman–Crippen LogP) is 24.3. The smallest absolute Gasteiger partial charge is 0.462 e. The molecular weight excluding hydrogens is 1350 g/mol. The zero-order chi connectivity index (χ0) is 76.0. The van der Waals surface area contributed by atoms with E-state index in [2.05, 4.69) is 125 Å². The van der Waals surface area contributed by atoms with Crippen LogP contribution in [-0.2, 0) is 65.4 Å². The summed E-state index contributed by atoms with van der Waals surface area (Å²) < 4.78 is 68.7. The molecule has 0 saturated heterocycles. The fourth-order valence-electron chi connectivity index (χ4n) is 11.2. The summed E-state index contributed by atoms with van der Waals surface area (Å²) in [5.41, 5.74) is 0. The van der Waals surface area contributed by atoms with Crippen LogP contribution in [0, 0.1) is 0 Å². The maximum Gasteiger partial charge on any atom is 0.472 e. The fourth-order valence-corrected chi connectivity index (χ4v) is 12.8. The molecule has 3 N–H and O–H groups in total. The number of ether oxygens (including phenoxy) is 4. The van der Waals surface area contributed by atoms with Gasteiger partial charge in [0.25, 0.3) is 0 Å². The molecule has 0 fully saturated rings. The first-order valence-corrected chi connectivity index (χ1v) is 44.5. The molecule has 0 saturated carbocycles. The number of unbranched alkanes of at least 4 members (excludes halogenated alkanes) is 36. The van der Waals surface area contributed by atoms with Gasteiger partial charge in [0.2, 0.25) is 0 Å². The van der Waals surface area contributed by atoms with Gasteiger partial charge in [0, 0.05) is 25.7 Å². The normalized spacial score (nSPS) is 14.3. The van der Waals surface area contributed by atoms with Gasteiger partial charge < -0.3 is 33.8 Å². The van der Waals surface area contributed by atoms with E-state index in [1.165, 1.54) is 96.3 Å². The average Bonchev–Trinajstić information content (AvgIpc) is 0.928. The molecule has 19 heteroatoms. The highest BCUT2D eigenvalue weighted by molar-refractivity contribution is 7.47. The van der Waals surface area contributed by atoms with Gasteiger partial charge in [-0.15, -0.1) is 0 Å². The van der Waals surface area contributed by atoms with Crippen LogP contribution in [0.3, 0.4) is 0 Å². The molecule has 0 spiro atoms. The maximum atomic E-state index is 13.1. The fraction of sp³-hybridized carbons (Fsp3) is 0.765. The Bertz CT molecular complexity index is 2350. The lowest BCUT2D eigenvalue weighted by atomic mass is 10.1. The lowest BCUT2D eigenvalue weighted by molar-refractivity contribution is -0.161. The van der Waals surface area contributed by atoms with Crippen LogP contribution < -0.4 is 0 Å². The van der Waals surface area contributed by atoms with Gasteiger partial charge in [-0.25, -0.2) is 9.13 Å². The van der Waals surface area contributed by atoms with Gasteiger partial charge in [-0.1, -0.05) is 305 Å². The summed E-state index contributed by atoms with van der Waals surface area (Å²) >= 11 is 0. The number of hydrogen-bond acceptors (Lipinski definition) is 15. The summed E-state index contributed by atoms with van der Waals surface area (Å²) in [4.78, 5) is 73.1. The SMILES string of the molecule is CC/C=C\C/C=C\C/C=C\C/C=C\CCCCCCCCC(=O)OCC(COP(=O)(O)OCC(O)COP(=O)(O)OCC(COC(=O)CCCCCCC/C=C\CCCCCCCC)OC(=O)CCCCCCCCCCCCC)OC(=O)CCCCCCCC/C=C\C/C=C\C/C=C\CCCCC. The summed E-state index contributed by atoms with van der Waals surface area (Å²) in [6.45, 7) is 4.74. The van der Waals surface area contributed by atoms with Gasteiger partial charge in [0.15, 0.2) is 12.2 Å². The molecule has 104 heavy (non-hydrogen) atoms. The second-order valence-corrected chi connectivity index (χ2v) is 30.6. The van der Waals surface area contributed by atoms with Crippen molar-refractivity contribution < 1.29 is 80.2 Å². The Balaban J connectivity index is 5.35. The highest BCUT2D eigenvalue weighted by Gasteiger charge is 2.30. The topological polar surface area (TPSA) is 237 Å². The molecule has 5 atom stereocenters. The van der Waals surface area contributed by atoms with Crippen LogP contribution in [0.4, 0.5) is 0 Å². The Morgan fingerprint density at radius 2 is 0.500 bits per heavy atom. The van der Waals surface area contributed by atoms with Crippen molar-refractivity contribution >= 4 is 39.5 Å². The van der Waals surface area contributed by atoms with E-state index < -0.39 is 97.5 Å². The number of esters is 4. The van der Waals surface area contributed by atoms with Crippen molar-refractivity contribution in [2.75, 3.05) is 39.6 Å². The average molecular weight is 1510 g/mol. The molecule has 0 radical (unpaired) electrons. The zero-order valence-corrected chi connectivity index (χ0v) is 67.7. The quantitative estimate of drug-likeness (QED) is 0.0169.